The number of anilines is 1. The molecule has 0 atom stereocenters. The van der Waals surface area contributed by atoms with Crippen molar-refractivity contribution >= 4 is 39.6 Å². The van der Waals surface area contributed by atoms with Crippen LogP contribution in [0.1, 0.15) is 5.56 Å². The van der Waals surface area contributed by atoms with E-state index in [9.17, 15) is 8.78 Å². The van der Waals surface area contributed by atoms with Gasteiger partial charge in [0.15, 0.2) is 0 Å². The van der Waals surface area contributed by atoms with Crippen LogP contribution in [0.2, 0.25) is 0 Å². The Bertz CT molecular complexity index is 814. The zero-order chi connectivity index (χ0) is 15.0. The first-order valence-electron chi connectivity index (χ1n) is 6.40. The van der Waals surface area contributed by atoms with Gasteiger partial charge in [-0.05, 0) is 52.8 Å². The number of aryl methyl sites for hydroxylation is 2. The lowest BCUT2D eigenvalue weighted by Gasteiger charge is -2.07. The number of halogens is 3. The molecule has 0 bridgehead atoms. The van der Waals surface area contributed by atoms with Gasteiger partial charge in [-0.1, -0.05) is 12.1 Å². The summed E-state index contributed by atoms with van der Waals surface area (Å²) >= 11 is 1.92. The second-order valence-electron chi connectivity index (χ2n) is 4.76. The molecule has 2 N–H and O–H groups in total. The number of fused-ring (bicyclic) bond motifs is 1. The number of hydrogen-bond donors (Lipinski definition) is 1. The minimum atomic E-state index is -0.296. The fourth-order valence-corrected chi connectivity index (χ4v) is 2.76. The number of hydrogen-bond acceptors (Lipinski definition) is 2. The first-order valence-corrected chi connectivity index (χ1v) is 7.47. The number of rotatable bonds is 3. The molecule has 6 heteroatoms. The Balaban J connectivity index is 1.93. The quantitative estimate of drug-likeness (QED) is 0.682. The third-order valence-corrected chi connectivity index (χ3v) is 4.16. The van der Waals surface area contributed by atoms with Crippen LogP contribution in [0.25, 0.3) is 11.0 Å². The molecule has 0 aliphatic heterocycles. The van der Waals surface area contributed by atoms with Crippen LogP contribution in [0.5, 0.6) is 0 Å². The summed E-state index contributed by atoms with van der Waals surface area (Å²) in [5, 5.41) is 0. The molecule has 0 aliphatic carbocycles. The van der Waals surface area contributed by atoms with Crippen LogP contribution in [0.15, 0.2) is 36.4 Å². The van der Waals surface area contributed by atoms with E-state index in [1.807, 2.05) is 28.7 Å². The van der Waals surface area contributed by atoms with E-state index in [-0.39, 0.29) is 11.6 Å². The second-order valence-corrected chi connectivity index (χ2v) is 5.92. The highest BCUT2D eigenvalue weighted by molar-refractivity contribution is 14.1. The maximum atomic E-state index is 13.7. The maximum Gasteiger partial charge on any atom is 0.201 e. The monoisotopic (exact) mass is 399 g/mol. The van der Waals surface area contributed by atoms with E-state index in [0.29, 0.717) is 33.5 Å². The highest BCUT2D eigenvalue weighted by Gasteiger charge is 2.11. The first kappa shape index (κ1) is 14.2. The molecule has 0 saturated carbocycles. The third kappa shape index (κ3) is 2.85. The normalized spacial score (nSPS) is 11.2. The van der Waals surface area contributed by atoms with Gasteiger partial charge in [-0.25, -0.2) is 13.8 Å². The Morgan fingerprint density at radius 3 is 2.76 bits per heavy atom. The fourth-order valence-electron chi connectivity index (χ4n) is 2.31. The van der Waals surface area contributed by atoms with E-state index in [4.69, 9.17) is 5.73 Å². The fraction of sp³-hybridized carbons (Fsp3) is 0.133. The smallest absolute Gasteiger partial charge is 0.201 e. The molecule has 0 radical (unpaired) electrons. The lowest BCUT2D eigenvalue weighted by atomic mass is 10.1. The maximum absolute atomic E-state index is 13.7. The minimum absolute atomic E-state index is 0.267. The second kappa shape index (κ2) is 5.59. The van der Waals surface area contributed by atoms with Crippen molar-refractivity contribution < 1.29 is 8.78 Å². The van der Waals surface area contributed by atoms with Crippen molar-refractivity contribution in [2.45, 2.75) is 13.0 Å². The van der Waals surface area contributed by atoms with Crippen molar-refractivity contribution in [3.05, 3.63) is 57.2 Å². The molecular formula is C15H12F2IN3. The van der Waals surface area contributed by atoms with Gasteiger partial charge < -0.3 is 10.3 Å². The molecular weight excluding hydrogens is 387 g/mol. The molecule has 21 heavy (non-hydrogen) atoms. The van der Waals surface area contributed by atoms with Crippen LogP contribution >= 0.6 is 22.6 Å². The Morgan fingerprint density at radius 1 is 1.19 bits per heavy atom. The van der Waals surface area contributed by atoms with Crippen molar-refractivity contribution in [3.63, 3.8) is 0 Å². The number of nitrogens with zero attached hydrogens (tertiary/aromatic N) is 2. The Morgan fingerprint density at radius 2 is 2.00 bits per heavy atom. The number of nitrogens with two attached hydrogens (primary N) is 1. The average molecular weight is 399 g/mol. The van der Waals surface area contributed by atoms with E-state index >= 15 is 0 Å². The molecule has 2 aromatic carbocycles. The van der Waals surface area contributed by atoms with Crippen LogP contribution in [0, 0.1) is 15.2 Å². The summed E-state index contributed by atoms with van der Waals surface area (Å²) < 4.78 is 29.1. The van der Waals surface area contributed by atoms with Crippen LogP contribution in [-0.4, -0.2) is 9.55 Å². The number of imidazole rings is 1. The van der Waals surface area contributed by atoms with Gasteiger partial charge in [0.2, 0.25) is 5.95 Å². The molecule has 108 valence electrons. The lowest BCUT2D eigenvalue weighted by Crippen LogP contribution is -2.06. The van der Waals surface area contributed by atoms with E-state index in [1.165, 1.54) is 18.2 Å². The van der Waals surface area contributed by atoms with Crippen LogP contribution in [0.4, 0.5) is 14.7 Å². The Hall–Kier alpha value is -1.70. The van der Waals surface area contributed by atoms with Crippen molar-refractivity contribution in [1.82, 2.24) is 9.55 Å². The van der Waals surface area contributed by atoms with E-state index in [0.717, 1.165) is 5.56 Å². The number of benzene rings is 2. The van der Waals surface area contributed by atoms with Crippen molar-refractivity contribution in [1.29, 1.82) is 0 Å². The number of nitrogen functional groups attached to an aromatic ring is 1. The van der Waals surface area contributed by atoms with E-state index in [2.05, 4.69) is 4.98 Å². The molecule has 1 aromatic heterocycles. The molecule has 3 aromatic rings. The lowest BCUT2D eigenvalue weighted by molar-refractivity contribution is 0.619. The summed E-state index contributed by atoms with van der Waals surface area (Å²) in [6.45, 7) is 0.520. The van der Waals surface area contributed by atoms with Crippen molar-refractivity contribution in [3.8, 4) is 0 Å². The molecule has 1 heterocycles. The largest absolute Gasteiger partial charge is 0.369 e. The van der Waals surface area contributed by atoms with Crippen LogP contribution in [-0.2, 0) is 13.0 Å². The summed E-state index contributed by atoms with van der Waals surface area (Å²) in [4.78, 5) is 4.24. The summed E-state index contributed by atoms with van der Waals surface area (Å²) in [6, 6.07) is 9.51. The third-order valence-electron chi connectivity index (χ3n) is 3.33. The number of aromatic nitrogens is 2. The molecule has 3 rings (SSSR count). The summed E-state index contributed by atoms with van der Waals surface area (Å²) in [5.74, 6) is -0.227. The highest BCUT2D eigenvalue weighted by atomic mass is 127. The van der Waals surface area contributed by atoms with Crippen molar-refractivity contribution in [2.24, 2.45) is 0 Å². The van der Waals surface area contributed by atoms with Gasteiger partial charge in [0, 0.05) is 12.6 Å². The SMILES string of the molecule is Nc1nc2cc(I)c(F)cc2n1CCc1cccc(F)c1. The molecule has 0 spiro atoms. The van der Waals surface area contributed by atoms with Gasteiger partial charge in [0.05, 0.1) is 14.6 Å². The van der Waals surface area contributed by atoms with Gasteiger partial charge in [-0.15, -0.1) is 0 Å². The average Bonchev–Trinajstić information content (AvgIpc) is 2.72. The van der Waals surface area contributed by atoms with E-state index < -0.39 is 0 Å². The standard InChI is InChI=1S/C15H12F2IN3/c16-10-3-1-2-9(6-10)4-5-21-14-7-11(17)12(18)8-13(14)20-15(21)19/h1-3,6-8H,4-5H2,(H2,19,20). The molecule has 0 amide bonds. The first-order chi connectivity index (χ1) is 10.0. The van der Waals surface area contributed by atoms with Crippen molar-refractivity contribution in [2.75, 3.05) is 5.73 Å². The summed E-state index contributed by atoms with van der Waals surface area (Å²) in [7, 11) is 0. The van der Waals surface area contributed by atoms with Gasteiger partial charge in [0.25, 0.3) is 0 Å². The summed E-state index contributed by atoms with van der Waals surface area (Å²) in [5.41, 5.74) is 8.08. The Kier molecular flexibility index (Phi) is 3.79. The molecule has 0 unspecified atom stereocenters. The van der Waals surface area contributed by atoms with Crippen LogP contribution in [0.3, 0.4) is 0 Å². The molecule has 0 saturated heterocycles. The highest BCUT2D eigenvalue weighted by Crippen LogP contribution is 2.23. The predicted octanol–water partition coefficient (Wildman–Crippen LogP) is 3.74. The Labute approximate surface area is 133 Å². The van der Waals surface area contributed by atoms with Gasteiger partial charge in [-0.2, -0.15) is 0 Å². The van der Waals surface area contributed by atoms with Gasteiger partial charge >= 0.3 is 0 Å². The van der Waals surface area contributed by atoms with Gasteiger partial charge in [-0.3, -0.25) is 0 Å². The molecule has 3 nitrogen and oxygen atoms in total. The minimum Gasteiger partial charge on any atom is -0.369 e. The summed E-state index contributed by atoms with van der Waals surface area (Å²) in [6.07, 6.45) is 0.598. The molecule has 0 fully saturated rings. The van der Waals surface area contributed by atoms with Gasteiger partial charge in [0.1, 0.15) is 11.6 Å². The van der Waals surface area contributed by atoms with Crippen LogP contribution < -0.4 is 5.73 Å². The predicted molar refractivity (Wildman–Crippen MR) is 86.9 cm³/mol. The zero-order valence-electron chi connectivity index (χ0n) is 11.0. The zero-order valence-corrected chi connectivity index (χ0v) is 13.1. The topological polar surface area (TPSA) is 43.8 Å². The van der Waals surface area contributed by atoms with E-state index in [1.54, 1.807) is 16.7 Å². The molecule has 0 aliphatic rings.